The van der Waals surface area contributed by atoms with Crippen LogP contribution in [0.4, 0.5) is 11.5 Å². The molecule has 0 spiro atoms. The molecule has 0 fully saturated rings. The normalized spacial score (nSPS) is 11.6. The molecule has 6 nitrogen and oxygen atoms in total. The number of nitrogens with two attached hydrogens (primary N) is 1. The van der Waals surface area contributed by atoms with Gasteiger partial charge in [0.25, 0.3) is 0 Å². The summed E-state index contributed by atoms with van der Waals surface area (Å²) in [5.41, 5.74) is 8.30. The Morgan fingerprint density at radius 2 is 1.90 bits per heavy atom. The van der Waals surface area contributed by atoms with E-state index in [0.29, 0.717) is 17.1 Å². The SMILES string of the molecule is Cc1nn(C)c(NCc2ccc(S(C)(=O)=O)cc2)c1N. The lowest BCUT2D eigenvalue weighted by Gasteiger charge is -2.08. The van der Waals surface area contributed by atoms with Crippen LogP contribution in [0.2, 0.25) is 0 Å². The number of anilines is 2. The molecule has 3 N–H and O–H groups in total. The maximum absolute atomic E-state index is 11.4. The number of benzene rings is 1. The first-order valence-corrected chi connectivity index (χ1v) is 8.00. The summed E-state index contributed by atoms with van der Waals surface area (Å²) in [7, 11) is -1.33. The fourth-order valence-corrected chi connectivity index (χ4v) is 2.55. The monoisotopic (exact) mass is 294 g/mol. The number of rotatable bonds is 4. The number of sulfone groups is 1. The second kappa shape index (κ2) is 5.16. The number of aromatic nitrogens is 2. The molecule has 0 saturated carbocycles. The summed E-state index contributed by atoms with van der Waals surface area (Å²) >= 11 is 0. The Labute approximate surface area is 118 Å². The summed E-state index contributed by atoms with van der Waals surface area (Å²) < 4.78 is 24.4. The van der Waals surface area contributed by atoms with Gasteiger partial charge in [-0.1, -0.05) is 12.1 Å². The van der Waals surface area contributed by atoms with Crippen molar-refractivity contribution < 1.29 is 8.42 Å². The molecule has 20 heavy (non-hydrogen) atoms. The van der Waals surface area contributed by atoms with Crippen LogP contribution in [-0.2, 0) is 23.4 Å². The van der Waals surface area contributed by atoms with Gasteiger partial charge in [0.15, 0.2) is 9.84 Å². The molecule has 0 bridgehead atoms. The number of nitrogens with zero attached hydrogens (tertiary/aromatic N) is 2. The molecule has 0 saturated heterocycles. The molecule has 7 heteroatoms. The van der Waals surface area contributed by atoms with E-state index in [1.165, 1.54) is 6.26 Å². The molecular formula is C13H18N4O2S. The van der Waals surface area contributed by atoms with Gasteiger partial charge in [-0.25, -0.2) is 8.42 Å². The third-order valence-electron chi connectivity index (χ3n) is 3.08. The minimum atomic E-state index is -3.15. The Hall–Kier alpha value is -2.02. The first kappa shape index (κ1) is 14.4. The number of nitrogens with one attached hydrogen (secondary N) is 1. The number of hydrogen-bond acceptors (Lipinski definition) is 5. The third-order valence-corrected chi connectivity index (χ3v) is 4.21. The van der Waals surface area contributed by atoms with Crippen LogP contribution >= 0.6 is 0 Å². The largest absolute Gasteiger partial charge is 0.394 e. The zero-order chi connectivity index (χ0) is 14.9. The zero-order valence-electron chi connectivity index (χ0n) is 11.7. The molecule has 0 amide bonds. The van der Waals surface area contributed by atoms with Crippen LogP contribution in [0.1, 0.15) is 11.3 Å². The molecular weight excluding hydrogens is 276 g/mol. The van der Waals surface area contributed by atoms with Gasteiger partial charge in [-0.15, -0.1) is 0 Å². The van der Waals surface area contributed by atoms with E-state index >= 15 is 0 Å². The van der Waals surface area contributed by atoms with Crippen molar-refractivity contribution in [1.82, 2.24) is 9.78 Å². The van der Waals surface area contributed by atoms with Crippen molar-refractivity contribution in [2.24, 2.45) is 7.05 Å². The van der Waals surface area contributed by atoms with E-state index in [2.05, 4.69) is 10.4 Å². The van der Waals surface area contributed by atoms with Crippen molar-refractivity contribution in [2.75, 3.05) is 17.3 Å². The lowest BCUT2D eigenvalue weighted by Crippen LogP contribution is -2.06. The van der Waals surface area contributed by atoms with Crippen LogP contribution in [-0.4, -0.2) is 24.5 Å². The standard InChI is InChI=1S/C13H18N4O2S/c1-9-12(14)13(17(2)16-9)15-8-10-4-6-11(7-5-10)20(3,18)19/h4-7,15H,8,14H2,1-3H3. The topological polar surface area (TPSA) is 90.0 Å². The smallest absolute Gasteiger partial charge is 0.175 e. The van der Waals surface area contributed by atoms with Crippen molar-refractivity contribution in [1.29, 1.82) is 0 Å². The average molecular weight is 294 g/mol. The van der Waals surface area contributed by atoms with Gasteiger partial charge in [0.05, 0.1) is 16.3 Å². The van der Waals surface area contributed by atoms with Gasteiger partial charge >= 0.3 is 0 Å². The van der Waals surface area contributed by atoms with Crippen molar-refractivity contribution in [2.45, 2.75) is 18.4 Å². The third kappa shape index (κ3) is 2.93. The molecule has 2 aromatic rings. The highest BCUT2D eigenvalue weighted by atomic mass is 32.2. The zero-order valence-corrected chi connectivity index (χ0v) is 12.5. The van der Waals surface area contributed by atoms with Crippen LogP contribution in [0.5, 0.6) is 0 Å². The van der Waals surface area contributed by atoms with Gasteiger partial charge in [-0.2, -0.15) is 5.10 Å². The van der Waals surface area contributed by atoms with Crippen molar-refractivity contribution in [3.8, 4) is 0 Å². The van der Waals surface area contributed by atoms with E-state index in [0.717, 1.165) is 17.1 Å². The van der Waals surface area contributed by atoms with E-state index in [1.807, 2.05) is 14.0 Å². The number of aryl methyl sites for hydroxylation is 2. The summed E-state index contributed by atoms with van der Waals surface area (Å²) in [5, 5.41) is 7.42. The lowest BCUT2D eigenvalue weighted by molar-refractivity contribution is 0.602. The van der Waals surface area contributed by atoms with Gasteiger partial charge in [-0.3, -0.25) is 4.68 Å². The Balaban J connectivity index is 2.12. The summed E-state index contributed by atoms with van der Waals surface area (Å²) in [6, 6.07) is 6.76. The molecule has 0 aliphatic heterocycles. The van der Waals surface area contributed by atoms with E-state index in [1.54, 1.807) is 28.9 Å². The summed E-state index contributed by atoms with van der Waals surface area (Å²) in [6.07, 6.45) is 1.19. The Morgan fingerprint density at radius 1 is 1.30 bits per heavy atom. The maximum Gasteiger partial charge on any atom is 0.175 e. The Bertz CT molecular complexity index is 718. The molecule has 1 aromatic heterocycles. The molecule has 1 aromatic carbocycles. The second-order valence-electron chi connectivity index (χ2n) is 4.74. The fraction of sp³-hybridized carbons (Fsp3) is 0.308. The predicted octanol–water partition coefficient (Wildman–Crippen LogP) is 1.33. The van der Waals surface area contributed by atoms with Crippen LogP contribution in [0, 0.1) is 6.92 Å². The van der Waals surface area contributed by atoms with E-state index in [-0.39, 0.29) is 0 Å². The van der Waals surface area contributed by atoms with Gasteiger partial charge in [0.1, 0.15) is 5.82 Å². The highest BCUT2D eigenvalue weighted by Gasteiger charge is 2.10. The fourth-order valence-electron chi connectivity index (χ4n) is 1.92. The molecule has 0 atom stereocenters. The van der Waals surface area contributed by atoms with Gasteiger partial charge in [-0.05, 0) is 24.6 Å². The van der Waals surface area contributed by atoms with Crippen molar-refractivity contribution in [3.63, 3.8) is 0 Å². The second-order valence-corrected chi connectivity index (χ2v) is 6.76. The number of hydrogen-bond donors (Lipinski definition) is 2. The maximum atomic E-state index is 11.4. The van der Waals surface area contributed by atoms with Crippen LogP contribution in [0.3, 0.4) is 0 Å². The van der Waals surface area contributed by atoms with Crippen LogP contribution in [0.15, 0.2) is 29.2 Å². The molecule has 0 radical (unpaired) electrons. The molecule has 0 aliphatic rings. The molecule has 1 heterocycles. The van der Waals surface area contributed by atoms with E-state index < -0.39 is 9.84 Å². The van der Waals surface area contributed by atoms with Crippen molar-refractivity contribution >= 4 is 21.3 Å². The quantitative estimate of drug-likeness (QED) is 0.887. The Kier molecular flexibility index (Phi) is 3.71. The highest BCUT2D eigenvalue weighted by Crippen LogP contribution is 2.21. The summed E-state index contributed by atoms with van der Waals surface area (Å²) in [4.78, 5) is 0.317. The molecule has 0 aliphatic carbocycles. The summed E-state index contributed by atoms with van der Waals surface area (Å²) in [6.45, 7) is 2.40. The first-order chi connectivity index (χ1) is 9.29. The minimum absolute atomic E-state index is 0.317. The van der Waals surface area contributed by atoms with Crippen LogP contribution < -0.4 is 11.1 Å². The predicted molar refractivity (Wildman–Crippen MR) is 79.2 cm³/mol. The number of nitrogen functional groups attached to an aromatic ring is 1. The van der Waals surface area contributed by atoms with Gasteiger partial charge in [0, 0.05) is 19.8 Å². The Morgan fingerprint density at radius 3 is 2.35 bits per heavy atom. The van der Waals surface area contributed by atoms with Crippen molar-refractivity contribution in [3.05, 3.63) is 35.5 Å². The van der Waals surface area contributed by atoms with Gasteiger partial charge < -0.3 is 11.1 Å². The summed E-state index contributed by atoms with van der Waals surface area (Å²) in [5.74, 6) is 0.759. The van der Waals surface area contributed by atoms with Gasteiger partial charge in [0.2, 0.25) is 0 Å². The van der Waals surface area contributed by atoms with E-state index in [9.17, 15) is 8.42 Å². The van der Waals surface area contributed by atoms with Crippen LogP contribution in [0.25, 0.3) is 0 Å². The van der Waals surface area contributed by atoms with E-state index in [4.69, 9.17) is 5.73 Å². The molecule has 0 unspecified atom stereocenters. The highest BCUT2D eigenvalue weighted by molar-refractivity contribution is 7.90. The average Bonchev–Trinajstić information content (AvgIpc) is 2.61. The first-order valence-electron chi connectivity index (χ1n) is 6.11. The lowest BCUT2D eigenvalue weighted by atomic mass is 10.2. The minimum Gasteiger partial charge on any atom is -0.394 e. The molecule has 2 rings (SSSR count). The molecule has 108 valence electrons.